The van der Waals surface area contributed by atoms with Gasteiger partial charge in [-0.3, -0.25) is 0 Å². The minimum atomic E-state index is 0.485. The van der Waals surface area contributed by atoms with Crippen molar-refractivity contribution in [2.24, 2.45) is 5.92 Å². The molecule has 1 atom stereocenters. The van der Waals surface area contributed by atoms with E-state index in [1.54, 1.807) is 0 Å². The predicted molar refractivity (Wildman–Crippen MR) is 70.0 cm³/mol. The third kappa shape index (κ3) is 3.51. The third-order valence-electron chi connectivity index (χ3n) is 2.66. The summed E-state index contributed by atoms with van der Waals surface area (Å²) in [4.78, 5) is 6.70. The lowest BCUT2D eigenvalue weighted by Crippen LogP contribution is -2.13. The monoisotopic (exact) mass is 219 g/mol. The molecule has 0 aliphatic heterocycles. The molecule has 1 aromatic rings. The summed E-state index contributed by atoms with van der Waals surface area (Å²) in [7, 11) is 4.05. The van der Waals surface area contributed by atoms with Crippen molar-refractivity contribution >= 4 is 5.82 Å². The average Bonchev–Trinajstić information content (AvgIpc) is 2.15. The summed E-state index contributed by atoms with van der Waals surface area (Å²) in [5.74, 6) is 2.22. The van der Waals surface area contributed by atoms with Crippen molar-refractivity contribution < 1.29 is 0 Å². The van der Waals surface area contributed by atoms with E-state index >= 15 is 0 Å². The second-order valence-electron chi connectivity index (χ2n) is 5.23. The molecule has 89 valence electrons. The molecule has 0 aliphatic rings. The first kappa shape index (κ1) is 13.0. The molecule has 0 saturated carbocycles. The molecule has 1 radical (unpaired) electrons. The summed E-state index contributed by atoms with van der Waals surface area (Å²) in [6.07, 6.45) is 1.17. The van der Waals surface area contributed by atoms with Gasteiger partial charge in [0.2, 0.25) is 0 Å². The topological polar surface area (TPSA) is 16.1 Å². The van der Waals surface area contributed by atoms with E-state index in [2.05, 4.69) is 44.8 Å². The molecule has 0 aliphatic carbocycles. The van der Waals surface area contributed by atoms with Gasteiger partial charge < -0.3 is 4.90 Å². The van der Waals surface area contributed by atoms with Crippen LogP contribution in [0.4, 0.5) is 5.82 Å². The Balaban J connectivity index is 2.95. The van der Waals surface area contributed by atoms with Crippen LogP contribution < -0.4 is 4.90 Å². The lowest BCUT2D eigenvalue weighted by atomic mass is 9.95. The molecule has 0 fully saturated rings. The summed E-state index contributed by atoms with van der Waals surface area (Å²) >= 11 is 0. The number of anilines is 1. The number of pyridine rings is 1. The van der Waals surface area contributed by atoms with Crippen molar-refractivity contribution in [3.8, 4) is 0 Å². The van der Waals surface area contributed by atoms with Crippen molar-refractivity contribution in [2.75, 3.05) is 19.0 Å². The Labute approximate surface area is 99.7 Å². The Hall–Kier alpha value is -1.05. The van der Waals surface area contributed by atoms with Gasteiger partial charge in [-0.15, -0.1) is 0 Å². The van der Waals surface area contributed by atoms with E-state index in [9.17, 15) is 0 Å². The minimum absolute atomic E-state index is 0.485. The molecular formula is C14H23N2. The minimum Gasteiger partial charge on any atom is -0.363 e. The summed E-state index contributed by atoms with van der Waals surface area (Å²) < 4.78 is 0. The lowest BCUT2D eigenvalue weighted by Gasteiger charge is -2.18. The molecule has 2 heteroatoms. The van der Waals surface area contributed by atoms with Crippen molar-refractivity contribution in [2.45, 2.75) is 40.0 Å². The van der Waals surface area contributed by atoms with E-state index in [0.717, 1.165) is 11.5 Å². The number of aryl methyl sites for hydroxylation is 1. The zero-order valence-electron chi connectivity index (χ0n) is 11.3. The maximum Gasteiger partial charge on any atom is 0.128 e. The third-order valence-corrected chi connectivity index (χ3v) is 2.66. The highest BCUT2D eigenvalue weighted by Crippen LogP contribution is 2.24. The Bertz CT molecular complexity index is 343. The number of hydrogen-bond acceptors (Lipinski definition) is 2. The maximum atomic E-state index is 4.66. The SMILES string of the molecule is Cc1[c]c(C(C)CC(C)C)nc(N(C)C)c1. The molecule has 16 heavy (non-hydrogen) atoms. The fourth-order valence-corrected chi connectivity index (χ4v) is 1.90. The van der Waals surface area contributed by atoms with Gasteiger partial charge in [0, 0.05) is 20.2 Å². The van der Waals surface area contributed by atoms with Crippen LogP contribution in [0.1, 0.15) is 44.4 Å². The second-order valence-corrected chi connectivity index (χ2v) is 5.23. The van der Waals surface area contributed by atoms with Gasteiger partial charge in [-0.25, -0.2) is 4.98 Å². The number of aromatic nitrogens is 1. The number of nitrogens with zero attached hydrogens (tertiary/aromatic N) is 2. The van der Waals surface area contributed by atoms with Crippen LogP contribution in [0, 0.1) is 18.9 Å². The smallest absolute Gasteiger partial charge is 0.128 e. The van der Waals surface area contributed by atoms with Gasteiger partial charge in [-0.05, 0) is 36.8 Å². The van der Waals surface area contributed by atoms with Crippen LogP contribution in [0.15, 0.2) is 6.07 Å². The summed E-state index contributed by atoms with van der Waals surface area (Å²) in [6.45, 7) is 8.82. The van der Waals surface area contributed by atoms with Gasteiger partial charge in [0.15, 0.2) is 0 Å². The molecule has 1 heterocycles. The van der Waals surface area contributed by atoms with Crippen LogP contribution in [0.2, 0.25) is 0 Å². The molecule has 0 amide bonds. The van der Waals surface area contributed by atoms with E-state index in [-0.39, 0.29) is 0 Å². The zero-order chi connectivity index (χ0) is 12.3. The molecule has 0 saturated heterocycles. The molecule has 0 N–H and O–H groups in total. The van der Waals surface area contributed by atoms with E-state index in [1.807, 2.05) is 19.0 Å². The first-order chi connectivity index (χ1) is 7.40. The first-order valence-corrected chi connectivity index (χ1v) is 5.98. The van der Waals surface area contributed by atoms with Gasteiger partial charge in [-0.1, -0.05) is 20.8 Å². The van der Waals surface area contributed by atoms with Crippen molar-refractivity contribution in [1.82, 2.24) is 4.98 Å². The summed E-state index contributed by atoms with van der Waals surface area (Å²) in [5, 5.41) is 0. The van der Waals surface area contributed by atoms with Crippen LogP contribution in [0.5, 0.6) is 0 Å². The van der Waals surface area contributed by atoms with E-state index in [1.165, 1.54) is 12.0 Å². The van der Waals surface area contributed by atoms with Crippen molar-refractivity contribution in [3.63, 3.8) is 0 Å². The Morgan fingerprint density at radius 3 is 2.44 bits per heavy atom. The van der Waals surface area contributed by atoms with Crippen LogP contribution in [-0.2, 0) is 0 Å². The molecule has 0 bridgehead atoms. The highest BCUT2D eigenvalue weighted by Gasteiger charge is 2.11. The predicted octanol–water partition coefficient (Wildman–Crippen LogP) is 3.41. The van der Waals surface area contributed by atoms with Crippen molar-refractivity contribution in [1.29, 1.82) is 0 Å². The maximum absolute atomic E-state index is 4.66. The fourth-order valence-electron chi connectivity index (χ4n) is 1.90. The molecule has 0 aromatic carbocycles. The highest BCUT2D eigenvalue weighted by molar-refractivity contribution is 5.40. The first-order valence-electron chi connectivity index (χ1n) is 5.98. The van der Waals surface area contributed by atoms with Crippen LogP contribution >= 0.6 is 0 Å². The summed E-state index contributed by atoms with van der Waals surface area (Å²) in [6, 6.07) is 5.44. The lowest BCUT2D eigenvalue weighted by molar-refractivity contribution is 0.515. The Morgan fingerprint density at radius 2 is 1.94 bits per heavy atom. The van der Waals surface area contributed by atoms with Crippen LogP contribution in [0.25, 0.3) is 0 Å². The van der Waals surface area contributed by atoms with Crippen LogP contribution in [0.3, 0.4) is 0 Å². The average molecular weight is 219 g/mol. The van der Waals surface area contributed by atoms with Gasteiger partial charge in [-0.2, -0.15) is 0 Å². The standard InChI is InChI=1S/C14H23N2/c1-10(2)7-12(4)13-8-11(3)9-14(15-13)16(5)6/h9-10,12H,7H2,1-6H3. The summed E-state index contributed by atoms with van der Waals surface area (Å²) in [5.41, 5.74) is 2.27. The largest absolute Gasteiger partial charge is 0.363 e. The molecule has 1 rings (SSSR count). The quantitative estimate of drug-likeness (QED) is 0.771. The van der Waals surface area contributed by atoms with Crippen LogP contribution in [-0.4, -0.2) is 19.1 Å². The number of hydrogen-bond donors (Lipinski definition) is 0. The zero-order valence-corrected chi connectivity index (χ0v) is 11.3. The molecule has 1 unspecified atom stereocenters. The van der Waals surface area contributed by atoms with Gasteiger partial charge >= 0.3 is 0 Å². The number of rotatable bonds is 4. The normalized spacial score (nSPS) is 12.9. The van der Waals surface area contributed by atoms with E-state index in [4.69, 9.17) is 0 Å². The molecule has 2 nitrogen and oxygen atoms in total. The molecular weight excluding hydrogens is 196 g/mol. The fraction of sp³-hybridized carbons (Fsp3) is 0.643. The molecule has 1 aromatic heterocycles. The Kier molecular flexibility index (Phi) is 4.34. The van der Waals surface area contributed by atoms with Gasteiger partial charge in [0.25, 0.3) is 0 Å². The van der Waals surface area contributed by atoms with E-state index < -0.39 is 0 Å². The Morgan fingerprint density at radius 1 is 1.31 bits per heavy atom. The molecule has 0 spiro atoms. The second kappa shape index (κ2) is 5.33. The highest BCUT2D eigenvalue weighted by atomic mass is 15.1. The van der Waals surface area contributed by atoms with Crippen molar-refractivity contribution in [3.05, 3.63) is 23.4 Å². The van der Waals surface area contributed by atoms with Gasteiger partial charge in [0.05, 0.1) is 5.69 Å². The van der Waals surface area contributed by atoms with E-state index in [0.29, 0.717) is 11.8 Å². The van der Waals surface area contributed by atoms with Gasteiger partial charge in [0.1, 0.15) is 5.82 Å².